The molecule has 4 aromatic rings. The van der Waals surface area contributed by atoms with Crippen LogP contribution in [0.15, 0.2) is 65.1 Å². The molecule has 0 saturated heterocycles. The molecule has 0 saturated carbocycles. The third-order valence-electron chi connectivity index (χ3n) is 4.04. The fourth-order valence-corrected chi connectivity index (χ4v) is 2.89. The molecule has 0 bridgehead atoms. The van der Waals surface area contributed by atoms with E-state index in [1.165, 1.54) is 0 Å². The van der Waals surface area contributed by atoms with Crippen LogP contribution in [0.5, 0.6) is 0 Å². The van der Waals surface area contributed by atoms with Gasteiger partial charge in [0.15, 0.2) is 5.58 Å². The largest absolute Gasteiger partial charge is 0.454 e. The van der Waals surface area contributed by atoms with Crippen molar-refractivity contribution in [2.75, 3.05) is 5.32 Å². The standard InChI is InChI=1S/C20H14N2O.C2H6/c1-13-6-4-8-15-16-9-5-11-18(20(16)23-19(13)15)22-17-10-3-2-7-14(17)12-21;1-2/h2-11,22H,1H3;1-2H3. The van der Waals surface area contributed by atoms with Crippen molar-refractivity contribution in [3.8, 4) is 6.07 Å². The van der Waals surface area contributed by atoms with Crippen LogP contribution in [-0.2, 0) is 0 Å². The summed E-state index contributed by atoms with van der Waals surface area (Å²) >= 11 is 0. The number of nitrogens with one attached hydrogen (secondary N) is 1. The Morgan fingerprint density at radius 2 is 1.44 bits per heavy atom. The van der Waals surface area contributed by atoms with Crippen LogP contribution in [0.2, 0.25) is 0 Å². The molecule has 3 aromatic carbocycles. The van der Waals surface area contributed by atoms with E-state index >= 15 is 0 Å². The van der Waals surface area contributed by atoms with Crippen molar-refractivity contribution in [2.45, 2.75) is 20.8 Å². The average molecular weight is 328 g/mol. The lowest BCUT2D eigenvalue weighted by Gasteiger charge is -2.08. The highest BCUT2D eigenvalue weighted by atomic mass is 16.3. The molecule has 25 heavy (non-hydrogen) atoms. The number of aryl methyl sites for hydroxylation is 1. The summed E-state index contributed by atoms with van der Waals surface area (Å²) in [5.41, 5.74) is 5.08. The molecule has 0 fully saturated rings. The van der Waals surface area contributed by atoms with Crippen LogP contribution in [-0.4, -0.2) is 0 Å². The molecular weight excluding hydrogens is 308 g/mol. The lowest BCUT2D eigenvalue weighted by molar-refractivity contribution is 0.667. The molecule has 124 valence electrons. The number of hydrogen-bond donors (Lipinski definition) is 1. The molecular formula is C22H20N2O. The van der Waals surface area contributed by atoms with Gasteiger partial charge in [0, 0.05) is 10.8 Å². The molecule has 3 heteroatoms. The monoisotopic (exact) mass is 328 g/mol. The molecule has 0 unspecified atom stereocenters. The zero-order valence-electron chi connectivity index (χ0n) is 14.6. The summed E-state index contributed by atoms with van der Waals surface area (Å²) in [6.07, 6.45) is 0. The lowest BCUT2D eigenvalue weighted by Crippen LogP contribution is -1.93. The smallest absolute Gasteiger partial charge is 0.158 e. The van der Waals surface area contributed by atoms with Gasteiger partial charge in [0.1, 0.15) is 11.7 Å². The first-order valence-electron chi connectivity index (χ1n) is 8.45. The summed E-state index contributed by atoms with van der Waals surface area (Å²) in [5.74, 6) is 0. The number of fused-ring (bicyclic) bond motifs is 3. The van der Waals surface area contributed by atoms with Gasteiger partial charge in [-0.05, 0) is 30.7 Å². The quantitative estimate of drug-likeness (QED) is 0.454. The Bertz CT molecular complexity index is 1070. The number of nitrogens with zero attached hydrogens (tertiary/aromatic N) is 1. The van der Waals surface area contributed by atoms with Crippen molar-refractivity contribution in [1.82, 2.24) is 0 Å². The van der Waals surface area contributed by atoms with Gasteiger partial charge in [-0.1, -0.05) is 56.3 Å². The first-order chi connectivity index (χ1) is 12.3. The van der Waals surface area contributed by atoms with Gasteiger partial charge in [-0.15, -0.1) is 0 Å². The van der Waals surface area contributed by atoms with E-state index in [1.54, 1.807) is 6.07 Å². The van der Waals surface area contributed by atoms with Crippen LogP contribution in [0.4, 0.5) is 11.4 Å². The number of furan rings is 1. The van der Waals surface area contributed by atoms with Crippen molar-refractivity contribution in [3.63, 3.8) is 0 Å². The maximum Gasteiger partial charge on any atom is 0.158 e. The maximum absolute atomic E-state index is 9.25. The molecule has 1 aromatic heterocycles. The van der Waals surface area contributed by atoms with Gasteiger partial charge in [0.05, 0.1) is 16.9 Å². The number of benzene rings is 3. The Kier molecular flexibility index (Phi) is 4.72. The van der Waals surface area contributed by atoms with Crippen LogP contribution in [0.1, 0.15) is 25.0 Å². The fraction of sp³-hybridized carbons (Fsp3) is 0.136. The second kappa shape index (κ2) is 7.11. The van der Waals surface area contributed by atoms with Crippen LogP contribution in [0, 0.1) is 18.3 Å². The van der Waals surface area contributed by atoms with Crippen LogP contribution < -0.4 is 5.32 Å². The molecule has 3 nitrogen and oxygen atoms in total. The zero-order chi connectivity index (χ0) is 17.8. The number of anilines is 2. The van der Waals surface area contributed by atoms with Crippen molar-refractivity contribution in [3.05, 3.63) is 71.8 Å². The summed E-state index contributed by atoms with van der Waals surface area (Å²) in [4.78, 5) is 0. The third-order valence-corrected chi connectivity index (χ3v) is 4.04. The van der Waals surface area contributed by atoms with Gasteiger partial charge in [-0.25, -0.2) is 0 Å². The second-order valence-corrected chi connectivity index (χ2v) is 5.52. The molecule has 0 aliphatic heterocycles. The Morgan fingerprint density at radius 1 is 0.800 bits per heavy atom. The molecule has 0 radical (unpaired) electrons. The first kappa shape index (κ1) is 16.6. The Morgan fingerprint density at radius 3 is 2.20 bits per heavy atom. The molecule has 0 aliphatic rings. The van der Waals surface area contributed by atoms with Crippen LogP contribution in [0.3, 0.4) is 0 Å². The average Bonchev–Trinajstić information content (AvgIpc) is 3.05. The van der Waals surface area contributed by atoms with Crippen LogP contribution in [0.25, 0.3) is 21.9 Å². The molecule has 0 atom stereocenters. The van der Waals surface area contributed by atoms with E-state index in [1.807, 2.05) is 63.2 Å². The number of nitriles is 1. The van der Waals surface area contributed by atoms with Crippen LogP contribution >= 0.6 is 0 Å². The topological polar surface area (TPSA) is 49.0 Å². The maximum atomic E-state index is 9.25. The van der Waals surface area contributed by atoms with Crippen molar-refractivity contribution in [2.24, 2.45) is 0 Å². The van der Waals surface area contributed by atoms with E-state index in [4.69, 9.17) is 4.42 Å². The van der Waals surface area contributed by atoms with Crippen molar-refractivity contribution in [1.29, 1.82) is 5.26 Å². The normalized spacial score (nSPS) is 10.2. The van der Waals surface area contributed by atoms with Crippen molar-refractivity contribution < 1.29 is 4.42 Å². The number of rotatable bonds is 2. The number of hydrogen-bond acceptors (Lipinski definition) is 3. The molecule has 0 spiro atoms. The van der Waals surface area contributed by atoms with E-state index in [0.717, 1.165) is 38.9 Å². The molecule has 1 N–H and O–H groups in total. The van der Waals surface area contributed by atoms with E-state index in [9.17, 15) is 5.26 Å². The third kappa shape index (κ3) is 2.95. The van der Waals surface area contributed by atoms with E-state index < -0.39 is 0 Å². The Labute approximate surface area is 147 Å². The lowest BCUT2D eigenvalue weighted by atomic mass is 10.1. The van der Waals surface area contributed by atoms with E-state index in [0.29, 0.717) is 5.56 Å². The SMILES string of the molecule is CC.Cc1cccc2c1oc1c(Nc3ccccc3C#N)cccc12. The molecule has 0 amide bonds. The van der Waals surface area contributed by atoms with Gasteiger partial charge < -0.3 is 9.73 Å². The van der Waals surface area contributed by atoms with Gasteiger partial charge in [-0.3, -0.25) is 0 Å². The summed E-state index contributed by atoms with van der Waals surface area (Å²) in [6.45, 7) is 6.04. The fourth-order valence-electron chi connectivity index (χ4n) is 2.89. The van der Waals surface area contributed by atoms with Gasteiger partial charge in [0.2, 0.25) is 0 Å². The minimum absolute atomic E-state index is 0.608. The second-order valence-electron chi connectivity index (χ2n) is 5.52. The summed E-state index contributed by atoms with van der Waals surface area (Å²) in [6, 6.07) is 21.8. The molecule has 1 heterocycles. The zero-order valence-corrected chi connectivity index (χ0v) is 14.6. The summed E-state index contributed by atoms with van der Waals surface area (Å²) in [5, 5.41) is 14.8. The van der Waals surface area contributed by atoms with Gasteiger partial charge >= 0.3 is 0 Å². The summed E-state index contributed by atoms with van der Waals surface area (Å²) in [7, 11) is 0. The van der Waals surface area contributed by atoms with E-state index in [2.05, 4.69) is 23.5 Å². The van der Waals surface area contributed by atoms with E-state index in [-0.39, 0.29) is 0 Å². The highest BCUT2D eigenvalue weighted by Gasteiger charge is 2.12. The highest BCUT2D eigenvalue weighted by Crippen LogP contribution is 2.36. The first-order valence-corrected chi connectivity index (χ1v) is 8.45. The van der Waals surface area contributed by atoms with Gasteiger partial charge in [0.25, 0.3) is 0 Å². The minimum atomic E-state index is 0.608. The van der Waals surface area contributed by atoms with Crippen molar-refractivity contribution >= 4 is 33.3 Å². The predicted molar refractivity (Wildman–Crippen MR) is 104 cm³/mol. The highest BCUT2D eigenvalue weighted by molar-refractivity contribution is 6.10. The Hall–Kier alpha value is -3.25. The van der Waals surface area contributed by atoms with Gasteiger partial charge in [-0.2, -0.15) is 5.26 Å². The Balaban J connectivity index is 0.000000880. The predicted octanol–water partition coefficient (Wildman–Crippen LogP) is 6.54. The molecule has 0 aliphatic carbocycles. The number of para-hydroxylation sites is 3. The minimum Gasteiger partial charge on any atom is -0.454 e. The molecule has 4 rings (SSSR count). The summed E-state index contributed by atoms with van der Waals surface area (Å²) < 4.78 is 6.11.